The average Bonchev–Trinajstić information content (AvgIpc) is 2.25. The predicted molar refractivity (Wildman–Crippen MR) is 61.3 cm³/mol. The quantitative estimate of drug-likeness (QED) is 0.659. The first kappa shape index (κ1) is 11.8. The highest BCUT2D eigenvalue weighted by Gasteiger charge is 2.25. The van der Waals surface area contributed by atoms with Crippen LogP contribution in [0.1, 0.15) is 12.8 Å². The van der Waals surface area contributed by atoms with Crippen molar-refractivity contribution in [1.29, 1.82) is 0 Å². The number of nitrogens with zero attached hydrogens (tertiary/aromatic N) is 1. The Bertz CT molecular complexity index is 235. The van der Waals surface area contributed by atoms with Gasteiger partial charge >= 0.3 is 0 Å². The standard InChI is InChI=1S/C11H21N3O2/c1-16-8-11(15)14-4-2-9(3-5-14)13-10-6-12-7-10/h9-10,12-13H,2-8H2,1H3. The molecule has 0 aliphatic carbocycles. The Hall–Kier alpha value is -0.650. The van der Waals surface area contributed by atoms with Gasteiger partial charge in [-0.15, -0.1) is 0 Å². The molecule has 2 aliphatic rings. The molecule has 2 saturated heterocycles. The summed E-state index contributed by atoms with van der Waals surface area (Å²) in [5, 5.41) is 6.87. The maximum atomic E-state index is 11.6. The summed E-state index contributed by atoms with van der Waals surface area (Å²) in [6.45, 7) is 4.11. The fourth-order valence-electron chi connectivity index (χ4n) is 2.25. The summed E-state index contributed by atoms with van der Waals surface area (Å²) in [5.41, 5.74) is 0. The predicted octanol–water partition coefficient (Wildman–Crippen LogP) is -0.815. The van der Waals surface area contributed by atoms with Gasteiger partial charge in [0.2, 0.25) is 5.91 Å². The molecule has 0 atom stereocenters. The number of carbonyl (C=O) groups excluding carboxylic acids is 1. The molecular formula is C11H21N3O2. The smallest absolute Gasteiger partial charge is 0.248 e. The Morgan fingerprint density at radius 3 is 2.56 bits per heavy atom. The lowest BCUT2D eigenvalue weighted by Crippen LogP contribution is -2.59. The van der Waals surface area contributed by atoms with E-state index in [-0.39, 0.29) is 12.5 Å². The molecule has 0 radical (unpaired) electrons. The topological polar surface area (TPSA) is 53.6 Å². The molecule has 92 valence electrons. The summed E-state index contributed by atoms with van der Waals surface area (Å²) in [5.74, 6) is 0.117. The number of nitrogens with one attached hydrogen (secondary N) is 2. The lowest BCUT2D eigenvalue weighted by Gasteiger charge is -2.37. The van der Waals surface area contributed by atoms with Gasteiger partial charge in [-0.05, 0) is 12.8 Å². The molecule has 1 amide bonds. The number of carbonyl (C=O) groups is 1. The molecule has 2 fully saturated rings. The summed E-state index contributed by atoms with van der Waals surface area (Å²) in [6, 6.07) is 1.23. The minimum atomic E-state index is 0.117. The molecule has 0 bridgehead atoms. The van der Waals surface area contributed by atoms with E-state index < -0.39 is 0 Å². The molecule has 2 N–H and O–H groups in total. The lowest BCUT2D eigenvalue weighted by atomic mass is 10.0. The van der Waals surface area contributed by atoms with E-state index in [0.717, 1.165) is 39.0 Å². The molecule has 0 aromatic heterocycles. The zero-order chi connectivity index (χ0) is 11.4. The Kier molecular flexibility index (Phi) is 4.15. The zero-order valence-corrected chi connectivity index (χ0v) is 9.87. The van der Waals surface area contributed by atoms with E-state index in [2.05, 4.69) is 10.6 Å². The molecule has 5 heteroatoms. The number of rotatable bonds is 4. The van der Waals surface area contributed by atoms with Gasteiger partial charge in [-0.25, -0.2) is 0 Å². The van der Waals surface area contributed by atoms with Gasteiger partial charge in [-0.3, -0.25) is 4.79 Å². The van der Waals surface area contributed by atoms with Gasteiger partial charge in [0, 0.05) is 45.4 Å². The van der Waals surface area contributed by atoms with Crippen LogP contribution in [0.4, 0.5) is 0 Å². The normalized spacial score (nSPS) is 23.2. The van der Waals surface area contributed by atoms with Crippen LogP contribution in [-0.2, 0) is 9.53 Å². The van der Waals surface area contributed by atoms with E-state index in [4.69, 9.17) is 4.74 Å². The van der Waals surface area contributed by atoms with E-state index >= 15 is 0 Å². The summed E-state index contributed by atoms with van der Waals surface area (Å²) in [7, 11) is 1.57. The van der Waals surface area contributed by atoms with Gasteiger partial charge in [0.15, 0.2) is 0 Å². The molecule has 2 rings (SSSR count). The van der Waals surface area contributed by atoms with E-state index in [1.54, 1.807) is 7.11 Å². The van der Waals surface area contributed by atoms with Crippen molar-refractivity contribution in [3.8, 4) is 0 Å². The number of piperidine rings is 1. The second-order valence-electron chi connectivity index (χ2n) is 4.61. The molecule has 2 heterocycles. The van der Waals surface area contributed by atoms with Crippen LogP contribution in [0.5, 0.6) is 0 Å². The van der Waals surface area contributed by atoms with Crippen molar-refractivity contribution in [3.05, 3.63) is 0 Å². The molecule has 0 aromatic carbocycles. The van der Waals surface area contributed by atoms with Crippen LogP contribution in [0.25, 0.3) is 0 Å². The Morgan fingerprint density at radius 1 is 1.38 bits per heavy atom. The van der Waals surface area contributed by atoms with Crippen LogP contribution in [0.2, 0.25) is 0 Å². The second kappa shape index (κ2) is 5.61. The molecule has 16 heavy (non-hydrogen) atoms. The van der Waals surface area contributed by atoms with Crippen LogP contribution >= 0.6 is 0 Å². The Labute approximate surface area is 96.5 Å². The lowest BCUT2D eigenvalue weighted by molar-refractivity contribution is -0.136. The van der Waals surface area contributed by atoms with E-state index in [1.165, 1.54) is 0 Å². The number of likely N-dealkylation sites (tertiary alicyclic amines) is 1. The van der Waals surface area contributed by atoms with Gasteiger partial charge in [0.1, 0.15) is 6.61 Å². The van der Waals surface area contributed by atoms with E-state index in [9.17, 15) is 4.79 Å². The highest BCUT2D eigenvalue weighted by atomic mass is 16.5. The minimum absolute atomic E-state index is 0.117. The molecule has 2 aliphatic heterocycles. The number of methoxy groups -OCH3 is 1. The van der Waals surface area contributed by atoms with Crippen molar-refractivity contribution < 1.29 is 9.53 Å². The molecule has 0 spiro atoms. The second-order valence-corrected chi connectivity index (χ2v) is 4.61. The van der Waals surface area contributed by atoms with Crippen LogP contribution in [0.3, 0.4) is 0 Å². The van der Waals surface area contributed by atoms with Gasteiger partial charge in [-0.1, -0.05) is 0 Å². The summed E-state index contributed by atoms with van der Waals surface area (Å²) in [6.07, 6.45) is 2.12. The summed E-state index contributed by atoms with van der Waals surface area (Å²) >= 11 is 0. The van der Waals surface area contributed by atoms with Gasteiger partial charge < -0.3 is 20.3 Å². The highest BCUT2D eigenvalue weighted by molar-refractivity contribution is 5.77. The first-order chi connectivity index (χ1) is 7.79. The van der Waals surface area contributed by atoms with Crippen LogP contribution in [0.15, 0.2) is 0 Å². The third-order valence-corrected chi connectivity index (χ3v) is 3.37. The zero-order valence-electron chi connectivity index (χ0n) is 9.87. The van der Waals surface area contributed by atoms with Gasteiger partial charge in [0.05, 0.1) is 0 Å². The summed E-state index contributed by atoms with van der Waals surface area (Å²) in [4.78, 5) is 13.5. The fraction of sp³-hybridized carbons (Fsp3) is 0.909. The maximum absolute atomic E-state index is 11.6. The number of amides is 1. The number of hydrogen-bond donors (Lipinski definition) is 2. The Balaban J connectivity index is 1.67. The molecule has 0 aromatic rings. The maximum Gasteiger partial charge on any atom is 0.248 e. The van der Waals surface area contributed by atoms with Crippen LogP contribution < -0.4 is 10.6 Å². The first-order valence-corrected chi connectivity index (χ1v) is 6.03. The largest absolute Gasteiger partial charge is 0.375 e. The van der Waals surface area contributed by atoms with Crippen LogP contribution in [0, 0.1) is 0 Å². The average molecular weight is 227 g/mol. The first-order valence-electron chi connectivity index (χ1n) is 6.03. The van der Waals surface area contributed by atoms with Crippen molar-refractivity contribution >= 4 is 5.91 Å². The molecule has 5 nitrogen and oxygen atoms in total. The third kappa shape index (κ3) is 2.93. The fourth-order valence-corrected chi connectivity index (χ4v) is 2.25. The highest BCUT2D eigenvalue weighted by Crippen LogP contribution is 2.12. The molecule has 0 unspecified atom stereocenters. The molecule has 0 saturated carbocycles. The van der Waals surface area contributed by atoms with Gasteiger partial charge in [0.25, 0.3) is 0 Å². The van der Waals surface area contributed by atoms with Crippen molar-refractivity contribution in [2.24, 2.45) is 0 Å². The van der Waals surface area contributed by atoms with Crippen molar-refractivity contribution in [3.63, 3.8) is 0 Å². The van der Waals surface area contributed by atoms with E-state index in [1.807, 2.05) is 4.90 Å². The monoisotopic (exact) mass is 227 g/mol. The van der Waals surface area contributed by atoms with Crippen molar-refractivity contribution in [2.45, 2.75) is 24.9 Å². The molecular weight excluding hydrogens is 206 g/mol. The van der Waals surface area contributed by atoms with Crippen LogP contribution in [-0.4, -0.2) is 62.8 Å². The third-order valence-electron chi connectivity index (χ3n) is 3.37. The number of hydrogen-bond acceptors (Lipinski definition) is 4. The van der Waals surface area contributed by atoms with Crippen molar-refractivity contribution in [1.82, 2.24) is 15.5 Å². The van der Waals surface area contributed by atoms with Crippen molar-refractivity contribution in [2.75, 3.05) is 39.9 Å². The number of ether oxygens (including phenoxy) is 1. The SMILES string of the molecule is COCC(=O)N1CCC(NC2CNC2)CC1. The van der Waals surface area contributed by atoms with Gasteiger partial charge in [-0.2, -0.15) is 0 Å². The van der Waals surface area contributed by atoms with E-state index in [0.29, 0.717) is 12.1 Å². The minimum Gasteiger partial charge on any atom is -0.375 e. The Morgan fingerprint density at radius 2 is 2.06 bits per heavy atom. The summed E-state index contributed by atoms with van der Waals surface area (Å²) < 4.78 is 4.86.